The first-order chi connectivity index (χ1) is 7.13. The summed E-state index contributed by atoms with van der Waals surface area (Å²) in [7, 11) is 1.54. The van der Waals surface area contributed by atoms with E-state index in [9.17, 15) is 13.6 Å². The van der Waals surface area contributed by atoms with E-state index in [1.54, 1.807) is 7.05 Å². The Morgan fingerprint density at radius 3 is 2.80 bits per heavy atom. The highest BCUT2D eigenvalue weighted by molar-refractivity contribution is 5.79. The molecule has 0 bridgehead atoms. The number of carbonyl (C=O) groups is 1. The number of carbonyl (C=O) groups excluding carboxylic acids is 1. The standard InChI is InChI=1S/C9H16F2N2O2/c1-12-8(4-7(10)11)13-9(14)6-2-3-15-5-6/h6-8,12H,2-5H2,1H3,(H,13,14)/t6-,8-/m0/s1. The fraction of sp³-hybridized carbons (Fsp3) is 0.889. The second-order valence-electron chi connectivity index (χ2n) is 3.54. The zero-order valence-electron chi connectivity index (χ0n) is 8.63. The maximum absolute atomic E-state index is 12.1. The van der Waals surface area contributed by atoms with Crippen LogP contribution in [0.15, 0.2) is 0 Å². The second kappa shape index (κ2) is 5.97. The number of rotatable bonds is 5. The summed E-state index contributed by atoms with van der Waals surface area (Å²) in [5, 5.41) is 5.16. The Hall–Kier alpha value is -0.750. The van der Waals surface area contributed by atoms with Crippen LogP contribution in [0.1, 0.15) is 12.8 Å². The van der Waals surface area contributed by atoms with E-state index in [0.29, 0.717) is 19.6 Å². The van der Waals surface area contributed by atoms with Crippen LogP contribution in [-0.4, -0.2) is 38.8 Å². The van der Waals surface area contributed by atoms with Crippen LogP contribution < -0.4 is 10.6 Å². The number of alkyl halides is 2. The summed E-state index contributed by atoms with van der Waals surface area (Å²) in [5.74, 6) is -0.411. The Morgan fingerprint density at radius 2 is 2.33 bits per heavy atom. The van der Waals surface area contributed by atoms with E-state index >= 15 is 0 Å². The molecule has 0 saturated carbocycles. The van der Waals surface area contributed by atoms with Crippen LogP contribution in [0, 0.1) is 5.92 Å². The molecule has 0 aromatic heterocycles. The summed E-state index contributed by atoms with van der Waals surface area (Å²) in [5.41, 5.74) is 0. The van der Waals surface area contributed by atoms with Gasteiger partial charge in [0, 0.05) is 13.0 Å². The van der Waals surface area contributed by atoms with Crippen LogP contribution in [0.2, 0.25) is 0 Å². The first-order valence-corrected chi connectivity index (χ1v) is 4.97. The first kappa shape index (κ1) is 12.3. The zero-order chi connectivity index (χ0) is 11.3. The van der Waals surface area contributed by atoms with Gasteiger partial charge in [0.2, 0.25) is 12.3 Å². The van der Waals surface area contributed by atoms with Gasteiger partial charge in [-0.15, -0.1) is 0 Å². The van der Waals surface area contributed by atoms with Crippen molar-refractivity contribution in [3.05, 3.63) is 0 Å². The summed E-state index contributed by atoms with van der Waals surface area (Å²) >= 11 is 0. The van der Waals surface area contributed by atoms with Gasteiger partial charge in [0.05, 0.1) is 18.7 Å². The summed E-state index contributed by atoms with van der Waals surface area (Å²) in [4.78, 5) is 11.5. The predicted octanol–water partition coefficient (Wildman–Crippen LogP) is 0.340. The van der Waals surface area contributed by atoms with E-state index in [1.165, 1.54) is 0 Å². The van der Waals surface area contributed by atoms with Crippen molar-refractivity contribution < 1.29 is 18.3 Å². The Kier molecular flexibility index (Phi) is 4.90. The second-order valence-corrected chi connectivity index (χ2v) is 3.54. The number of hydrogen-bond donors (Lipinski definition) is 2. The van der Waals surface area contributed by atoms with Crippen LogP contribution in [-0.2, 0) is 9.53 Å². The molecular formula is C9H16F2N2O2. The minimum Gasteiger partial charge on any atom is -0.381 e. The fourth-order valence-electron chi connectivity index (χ4n) is 1.46. The fourth-order valence-corrected chi connectivity index (χ4v) is 1.46. The van der Waals surface area contributed by atoms with Crippen molar-refractivity contribution in [3.63, 3.8) is 0 Å². The molecule has 0 aromatic carbocycles. The maximum Gasteiger partial charge on any atom is 0.241 e. The first-order valence-electron chi connectivity index (χ1n) is 4.97. The van der Waals surface area contributed by atoms with E-state index in [-0.39, 0.29) is 18.2 Å². The minimum atomic E-state index is -2.43. The summed E-state index contributed by atoms with van der Waals surface area (Å²) in [6.45, 7) is 0.952. The van der Waals surface area contributed by atoms with Gasteiger partial charge in [0.15, 0.2) is 0 Å². The number of ether oxygens (including phenoxy) is 1. The van der Waals surface area contributed by atoms with Gasteiger partial charge < -0.3 is 15.4 Å². The molecule has 2 N–H and O–H groups in total. The summed E-state index contributed by atoms with van der Waals surface area (Å²) < 4.78 is 29.2. The number of amides is 1. The molecule has 1 saturated heterocycles. The van der Waals surface area contributed by atoms with Crippen LogP contribution in [0.5, 0.6) is 0 Å². The van der Waals surface area contributed by atoms with E-state index in [4.69, 9.17) is 4.74 Å². The highest BCUT2D eigenvalue weighted by Gasteiger charge is 2.25. The minimum absolute atomic E-state index is 0.196. The quantitative estimate of drug-likeness (QED) is 0.659. The van der Waals surface area contributed by atoms with Gasteiger partial charge in [-0.25, -0.2) is 8.78 Å². The van der Waals surface area contributed by atoms with E-state index in [1.807, 2.05) is 0 Å². The molecule has 4 nitrogen and oxygen atoms in total. The van der Waals surface area contributed by atoms with Gasteiger partial charge in [-0.1, -0.05) is 0 Å². The van der Waals surface area contributed by atoms with Crippen LogP contribution in [0.3, 0.4) is 0 Å². The van der Waals surface area contributed by atoms with Crippen LogP contribution in [0.25, 0.3) is 0 Å². The molecule has 0 radical (unpaired) electrons. The van der Waals surface area contributed by atoms with Crippen molar-refractivity contribution in [2.75, 3.05) is 20.3 Å². The topological polar surface area (TPSA) is 50.4 Å². The SMILES string of the molecule is CN[C@H](CC(F)F)NC(=O)[C@H]1CCOC1. The van der Waals surface area contributed by atoms with Gasteiger partial charge >= 0.3 is 0 Å². The summed E-state index contributed by atoms with van der Waals surface area (Å²) in [6, 6.07) is 0. The van der Waals surface area contributed by atoms with E-state index in [2.05, 4.69) is 10.6 Å². The Bertz CT molecular complexity index is 208. The molecule has 0 unspecified atom stereocenters. The maximum atomic E-state index is 12.1. The molecule has 0 aromatic rings. The lowest BCUT2D eigenvalue weighted by Crippen LogP contribution is -2.47. The van der Waals surface area contributed by atoms with Crippen molar-refractivity contribution >= 4 is 5.91 Å². The van der Waals surface area contributed by atoms with Crippen molar-refractivity contribution in [2.24, 2.45) is 5.92 Å². The van der Waals surface area contributed by atoms with Gasteiger partial charge in [-0.3, -0.25) is 4.79 Å². The van der Waals surface area contributed by atoms with Crippen molar-refractivity contribution in [2.45, 2.75) is 25.4 Å². The van der Waals surface area contributed by atoms with Crippen LogP contribution in [0.4, 0.5) is 8.78 Å². The molecule has 0 aliphatic carbocycles. The lowest BCUT2D eigenvalue weighted by molar-refractivity contribution is -0.126. The van der Waals surface area contributed by atoms with E-state index < -0.39 is 12.6 Å². The predicted molar refractivity (Wildman–Crippen MR) is 50.5 cm³/mol. The van der Waals surface area contributed by atoms with Gasteiger partial charge in [-0.05, 0) is 13.5 Å². The Morgan fingerprint density at radius 1 is 1.60 bits per heavy atom. The van der Waals surface area contributed by atoms with Crippen molar-refractivity contribution in [1.82, 2.24) is 10.6 Å². The largest absolute Gasteiger partial charge is 0.381 e. The number of hydrogen-bond acceptors (Lipinski definition) is 3. The average molecular weight is 222 g/mol. The molecule has 1 aliphatic heterocycles. The molecule has 1 aliphatic rings. The normalized spacial score (nSPS) is 23.1. The molecule has 1 fully saturated rings. The van der Waals surface area contributed by atoms with Gasteiger partial charge in [-0.2, -0.15) is 0 Å². The van der Waals surface area contributed by atoms with Crippen LogP contribution >= 0.6 is 0 Å². The smallest absolute Gasteiger partial charge is 0.241 e. The Balaban J connectivity index is 2.33. The highest BCUT2D eigenvalue weighted by Crippen LogP contribution is 2.12. The highest BCUT2D eigenvalue weighted by atomic mass is 19.3. The zero-order valence-corrected chi connectivity index (χ0v) is 8.63. The molecule has 1 rings (SSSR count). The molecule has 6 heteroatoms. The lowest BCUT2D eigenvalue weighted by Gasteiger charge is -2.19. The van der Waals surface area contributed by atoms with E-state index in [0.717, 1.165) is 0 Å². The number of halogens is 2. The third-order valence-electron chi connectivity index (χ3n) is 2.38. The Labute approximate surface area is 87.4 Å². The van der Waals surface area contributed by atoms with Gasteiger partial charge in [0.1, 0.15) is 0 Å². The molecule has 15 heavy (non-hydrogen) atoms. The third kappa shape index (κ3) is 4.09. The molecule has 0 spiro atoms. The van der Waals surface area contributed by atoms with Crippen molar-refractivity contribution in [3.8, 4) is 0 Å². The van der Waals surface area contributed by atoms with Crippen molar-refractivity contribution in [1.29, 1.82) is 0 Å². The molecule has 1 heterocycles. The average Bonchev–Trinajstić information content (AvgIpc) is 2.68. The summed E-state index contributed by atoms with van der Waals surface area (Å²) in [6.07, 6.45) is -2.81. The molecule has 2 atom stereocenters. The van der Waals surface area contributed by atoms with Gasteiger partial charge in [0.25, 0.3) is 0 Å². The lowest BCUT2D eigenvalue weighted by atomic mass is 10.1. The number of nitrogens with one attached hydrogen (secondary N) is 2. The third-order valence-corrected chi connectivity index (χ3v) is 2.38. The monoisotopic (exact) mass is 222 g/mol. The molecule has 1 amide bonds. The molecular weight excluding hydrogens is 206 g/mol. The molecule has 88 valence electrons.